The second-order valence-electron chi connectivity index (χ2n) is 5.76. The van der Waals surface area contributed by atoms with Gasteiger partial charge in [-0.1, -0.05) is 30.3 Å². The number of nitrogens with zero attached hydrogens (tertiary/aromatic N) is 1. The van der Waals surface area contributed by atoms with E-state index >= 15 is 0 Å². The summed E-state index contributed by atoms with van der Waals surface area (Å²) >= 11 is 0. The van der Waals surface area contributed by atoms with Crippen molar-refractivity contribution in [2.24, 2.45) is 0 Å². The van der Waals surface area contributed by atoms with Crippen LogP contribution >= 0.6 is 0 Å². The molecule has 2 aromatic rings. The predicted molar refractivity (Wildman–Crippen MR) is 89.0 cm³/mol. The van der Waals surface area contributed by atoms with Crippen molar-refractivity contribution in [3.63, 3.8) is 0 Å². The Labute approximate surface area is 140 Å². The summed E-state index contributed by atoms with van der Waals surface area (Å²) in [6.45, 7) is 0. The fourth-order valence-corrected chi connectivity index (χ4v) is 2.88. The maximum Gasteiger partial charge on any atom is 0.251 e. The van der Waals surface area contributed by atoms with Gasteiger partial charge in [0.25, 0.3) is 5.91 Å². The van der Waals surface area contributed by atoms with Gasteiger partial charge in [-0.25, -0.2) is 0 Å². The average Bonchev–Trinajstić information content (AvgIpc) is 2.64. The molecule has 5 nitrogen and oxygen atoms in total. The zero-order valence-corrected chi connectivity index (χ0v) is 13.0. The first kappa shape index (κ1) is 15.8. The number of carbonyl (C=O) groups excluding carboxylic acids is 2. The molecule has 1 aliphatic rings. The molecular formula is C19H17N3O2. The van der Waals surface area contributed by atoms with Gasteiger partial charge in [-0.2, -0.15) is 5.26 Å². The Kier molecular flexibility index (Phi) is 4.57. The van der Waals surface area contributed by atoms with Crippen LogP contribution in [0.25, 0.3) is 0 Å². The van der Waals surface area contributed by atoms with Gasteiger partial charge in [0.15, 0.2) is 0 Å². The van der Waals surface area contributed by atoms with Crippen molar-refractivity contribution in [2.45, 2.75) is 24.9 Å². The molecule has 24 heavy (non-hydrogen) atoms. The monoisotopic (exact) mass is 319 g/mol. The summed E-state index contributed by atoms with van der Waals surface area (Å²) in [5.74, 6) is -0.214. The molecule has 2 atom stereocenters. The molecule has 2 amide bonds. The predicted octanol–water partition coefficient (Wildman–Crippen LogP) is 2.31. The Hall–Kier alpha value is -3.13. The first-order valence-electron chi connectivity index (χ1n) is 7.83. The number of piperidine rings is 1. The highest BCUT2D eigenvalue weighted by Crippen LogP contribution is 2.24. The maximum absolute atomic E-state index is 12.5. The highest BCUT2D eigenvalue weighted by Gasteiger charge is 2.31. The number of amides is 2. The van der Waals surface area contributed by atoms with Crippen molar-refractivity contribution < 1.29 is 9.59 Å². The molecule has 0 radical (unpaired) electrons. The second-order valence-corrected chi connectivity index (χ2v) is 5.76. The number of nitrogens with one attached hydrogen (secondary N) is 2. The van der Waals surface area contributed by atoms with Crippen molar-refractivity contribution in [1.82, 2.24) is 10.6 Å². The van der Waals surface area contributed by atoms with Crippen LogP contribution in [-0.2, 0) is 4.79 Å². The fraction of sp³-hybridized carbons (Fsp3) is 0.211. The zero-order chi connectivity index (χ0) is 16.9. The van der Waals surface area contributed by atoms with Crippen LogP contribution in [0.4, 0.5) is 0 Å². The van der Waals surface area contributed by atoms with Gasteiger partial charge >= 0.3 is 0 Å². The Morgan fingerprint density at radius 1 is 1.12 bits per heavy atom. The molecule has 2 aromatic carbocycles. The lowest BCUT2D eigenvalue weighted by atomic mass is 9.91. The minimum atomic E-state index is -0.241. The molecule has 1 aliphatic heterocycles. The average molecular weight is 319 g/mol. The number of hydrogen-bond donors (Lipinski definition) is 2. The number of carbonyl (C=O) groups is 2. The molecule has 1 fully saturated rings. The summed E-state index contributed by atoms with van der Waals surface area (Å²) in [6, 6.07) is 17.7. The highest BCUT2D eigenvalue weighted by molar-refractivity contribution is 5.94. The first-order chi connectivity index (χ1) is 11.7. The van der Waals surface area contributed by atoms with Gasteiger partial charge < -0.3 is 10.6 Å². The maximum atomic E-state index is 12.5. The van der Waals surface area contributed by atoms with E-state index in [9.17, 15) is 9.59 Å². The third-order valence-corrected chi connectivity index (χ3v) is 4.15. The molecule has 120 valence electrons. The largest absolute Gasteiger partial charge is 0.347 e. The van der Waals surface area contributed by atoms with E-state index in [0.717, 1.165) is 5.56 Å². The fourth-order valence-electron chi connectivity index (χ4n) is 2.88. The molecular weight excluding hydrogens is 302 g/mol. The molecule has 5 heteroatoms. The third-order valence-electron chi connectivity index (χ3n) is 4.15. The van der Waals surface area contributed by atoms with Crippen LogP contribution in [0.1, 0.15) is 40.4 Å². The van der Waals surface area contributed by atoms with Crippen LogP contribution < -0.4 is 10.6 Å². The molecule has 3 rings (SSSR count). The summed E-state index contributed by atoms with van der Waals surface area (Å²) in [4.78, 5) is 24.2. The standard InChI is InChI=1S/C19H17N3O2/c20-12-13-6-8-15(9-7-13)19(24)21-16-10-11-17(23)22-18(16)14-4-2-1-3-5-14/h1-9,16,18H,10-11H2,(H,21,24)(H,22,23)/t16-,18+/m1/s1. The summed E-state index contributed by atoms with van der Waals surface area (Å²) in [7, 11) is 0. The van der Waals surface area contributed by atoms with Crippen molar-refractivity contribution in [1.29, 1.82) is 5.26 Å². The van der Waals surface area contributed by atoms with Crippen molar-refractivity contribution in [2.75, 3.05) is 0 Å². The van der Waals surface area contributed by atoms with Crippen LogP contribution in [0, 0.1) is 11.3 Å². The first-order valence-corrected chi connectivity index (χ1v) is 7.83. The van der Waals surface area contributed by atoms with E-state index in [4.69, 9.17) is 5.26 Å². The van der Waals surface area contributed by atoms with E-state index in [1.54, 1.807) is 24.3 Å². The van der Waals surface area contributed by atoms with Crippen molar-refractivity contribution in [3.05, 3.63) is 71.3 Å². The lowest BCUT2D eigenvalue weighted by Gasteiger charge is -2.33. The van der Waals surface area contributed by atoms with Crippen molar-refractivity contribution >= 4 is 11.8 Å². The molecule has 0 aliphatic carbocycles. The Bertz CT molecular complexity index is 779. The molecule has 0 saturated carbocycles. The van der Waals surface area contributed by atoms with Crippen LogP contribution in [-0.4, -0.2) is 17.9 Å². The van der Waals surface area contributed by atoms with Gasteiger partial charge in [-0.3, -0.25) is 9.59 Å². The Morgan fingerprint density at radius 2 is 1.83 bits per heavy atom. The van der Waals surface area contributed by atoms with Gasteiger partial charge in [-0.15, -0.1) is 0 Å². The quantitative estimate of drug-likeness (QED) is 0.911. The van der Waals surface area contributed by atoms with Gasteiger partial charge in [0.1, 0.15) is 0 Å². The third kappa shape index (κ3) is 3.44. The number of rotatable bonds is 3. The molecule has 0 spiro atoms. The minimum absolute atomic E-state index is 0.00674. The Balaban J connectivity index is 1.77. The van der Waals surface area contributed by atoms with E-state index in [-0.39, 0.29) is 23.9 Å². The summed E-state index contributed by atoms with van der Waals surface area (Å²) in [6.07, 6.45) is 0.981. The number of nitriles is 1. The summed E-state index contributed by atoms with van der Waals surface area (Å²) < 4.78 is 0. The summed E-state index contributed by atoms with van der Waals surface area (Å²) in [5.41, 5.74) is 1.98. The second kappa shape index (κ2) is 6.97. The van der Waals surface area contributed by atoms with E-state index in [1.165, 1.54) is 0 Å². The normalized spacial score (nSPS) is 19.9. The van der Waals surface area contributed by atoms with Gasteiger partial charge in [0.2, 0.25) is 5.91 Å². The number of hydrogen-bond acceptors (Lipinski definition) is 3. The van der Waals surface area contributed by atoms with Gasteiger partial charge in [0, 0.05) is 12.0 Å². The van der Waals surface area contributed by atoms with E-state index in [2.05, 4.69) is 10.6 Å². The number of benzene rings is 2. The molecule has 0 bridgehead atoms. The topological polar surface area (TPSA) is 82.0 Å². The molecule has 1 heterocycles. The lowest BCUT2D eigenvalue weighted by Crippen LogP contribution is -2.50. The Morgan fingerprint density at radius 3 is 2.50 bits per heavy atom. The molecule has 1 saturated heterocycles. The minimum Gasteiger partial charge on any atom is -0.347 e. The molecule has 0 unspecified atom stereocenters. The highest BCUT2D eigenvalue weighted by atomic mass is 16.2. The van der Waals surface area contributed by atoms with Gasteiger partial charge in [-0.05, 0) is 36.2 Å². The lowest BCUT2D eigenvalue weighted by molar-refractivity contribution is -0.123. The van der Waals surface area contributed by atoms with Crippen LogP contribution in [0.5, 0.6) is 0 Å². The molecule has 2 N–H and O–H groups in total. The van der Waals surface area contributed by atoms with Crippen LogP contribution in [0.2, 0.25) is 0 Å². The van der Waals surface area contributed by atoms with Gasteiger partial charge in [0.05, 0.1) is 23.7 Å². The summed E-state index contributed by atoms with van der Waals surface area (Å²) in [5, 5.41) is 14.8. The smallest absolute Gasteiger partial charge is 0.251 e. The van der Waals surface area contributed by atoms with Crippen LogP contribution in [0.3, 0.4) is 0 Å². The zero-order valence-electron chi connectivity index (χ0n) is 13.0. The molecule has 0 aromatic heterocycles. The SMILES string of the molecule is N#Cc1ccc(C(=O)N[C@@H]2CCC(=O)N[C@H]2c2ccccc2)cc1. The van der Waals surface area contributed by atoms with E-state index in [1.807, 2.05) is 36.4 Å². The van der Waals surface area contributed by atoms with E-state index < -0.39 is 0 Å². The van der Waals surface area contributed by atoms with E-state index in [0.29, 0.717) is 24.0 Å². The van der Waals surface area contributed by atoms with Crippen LogP contribution in [0.15, 0.2) is 54.6 Å². The van der Waals surface area contributed by atoms with Crippen molar-refractivity contribution in [3.8, 4) is 6.07 Å².